The molecule has 1 aromatic heterocycles. The lowest BCUT2D eigenvalue weighted by atomic mass is 9.96. The number of hydrogen-bond acceptors (Lipinski definition) is 4. The molecule has 0 saturated heterocycles. The number of aromatic carboxylic acids is 1. The van der Waals surface area contributed by atoms with Crippen molar-refractivity contribution in [2.24, 2.45) is 5.41 Å². The van der Waals surface area contributed by atoms with Gasteiger partial charge in [0, 0.05) is 5.41 Å². The SMILES string of the molecule is Cc1nc(CNC(=O)C(C)(C)C)sc1-c1cccc(-c2ccc(C(=O)O)cc2)c1. The summed E-state index contributed by atoms with van der Waals surface area (Å²) in [7, 11) is 0. The number of hydrogen-bond donors (Lipinski definition) is 2. The first-order valence-electron chi connectivity index (χ1n) is 9.34. The van der Waals surface area contributed by atoms with Crippen LogP contribution in [0.15, 0.2) is 48.5 Å². The van der Waals surface area contributed by atoms with E-state index in [0.717, 1.165) is 32.3 Å². The molecule has 0 spiro atoms. The topological polar surface area (TPSA) is 79.3 Å². The van der Waals surface area contributed by atoms with Crippen LogP contribution in [0.2, 0.25) is 0 Å². The molecule has 2 aromatic carbocycles. The number of nitrogens with zero attached hydrogens (tertiary/aromatic N) is 1. The average Bonchev–Trinajstić information content (AvgIpc) is 3.06. The van der Waals surface area contributed by atoms with Gasteiger partial charge in [0.05, 0.1) is 22.7 Å². The van der Waals surface area contributed by atoms with Crippen LogP contribution in [0.4, 0.5) is 0 Å². The predicted octanol–water partition coefficient (Wildman–Crippen LogP) is 5.15. The molecule has 1 heterocycles. The third-order valence-electron chi connectivity index (χ3n) is 4.51. The fraction of sp³-hybridized carbons (Fsp3) is 0.261. The molecule has 29 heavy (non-hydrogen) atoms. The van der Waals surface area contributed by atoms with Crippen LogP contribution in [0.5, 0.6) is 0 Å². The van der Waals surface area contributed by atoms with E-state index in [1.165, 1.54) is 0 Å². The van der Waals surface area contributed by atoms with Crippen molar-refractivity contribution >= 4 is 23.2 Å². The highest BCUT2D eigenvalue weighted by Crippen LogP contribution is 2.33. The second kappa shape index (κ2) is 8.17. The summed E-state index contributed by atoms with van der Waals surface area (Å²) in [5, 5.41) is 12.9. The van der Waals surface area contributed by atoms with Gasteiger partial charge >= 0.3 is 5.97 Å². The van der Waals surface area contributed by atoms with Gasteiger partial charge in [0.25, 0.3) is 0 Å². The molecular formula is C23H24N2O3S. The second-order valence-corrected chi connectivity index (χ2v) is 9.00. The molecule has 6 heteroatoms. The van der Waals surface area contributed by atoms with E-state index >= 15 is 0 Å². The third kappa shape index (κ3) is 4.90. The standard InChI is InChI=1S/C23H24N2O3S/c1-14-20(29-19(25-14)13-24-22(28)23(2,3)4)18-7-5-6-17(12-18)15-8-10-16(11-9-15)21(26)27/h5-12H,13H2,1-4H3,(H,24,28)(H,26,27). The van der Waals surface area contributed by atoms with E-state index in [-0.39, 0.29) is 11.5 Å². The zero-order valence-corrected chi connectivity index (χ0v) is 17.8. The molecule has 0 aliphatic carbocycles. The van der Waals surface area contributed by atoms with Crippen LogP contribution in [0, 0.1) is 12.3 Å². The number of carbonyl (C=O) groups is 2. The summed E-state index contributed by atoms with van der Waals surface area (Å²) >= 11 is 1.57. The van der Waals surface area contributed by atoms with Crippen molar-refractivity contribution in [2.45, 2.75) is 34.2 Å². The number of amides is 1. The summed E-state index contributed by atoms with van der Waals surface area (Å²) in [6.45, 7) is 8.03. The van der Waals surface area contributed by atoms with Crippen molar-refractivity contribution in [3.63, 3.8) is 0 Å². The molecule has 0 radical (unpaired) electrons. The van der Waals surface area contributed by atoms with E-state index in [9.17, 15) is 9.59 Å². The van der Waals surface area contributed by atoms with E-state index in [2.05, 4.69) is 16.4 Å². The Bertz CT molecular complexity index is 1050. The number of carboxylic acids is 1. The predicted molar refractivity (Wildman–Crippen MR) is 116 cm³/mol. The minimum atomic E-state index is -0.934. The second-order valence-electron chi connectivity index (χ2n) is 7.92. The highest BCUT2D eigenvalue weighted by atomic mass is 32.1. The lowest BCUT2D eigenvalue weighted by Gasteiger charge is -2.16. The number of rotatable bonds is 5. The number of nitrogens with one attached hydrogen (secondary N) is 1. The molecular weight excluding hydrogens is 384 g/mol. The Morgan fingerprint density at radius 3 is 2.31 bits per heavy atom. The summed E-state index contributed by atoms with van der Waals surface area (Å²) < 4.78 is 0. The molecule has 0 aliphatic heterocycles. The number of thiazole rings is 1. The summed E-state index contributed by atoms with van der Waals surface area (Å²) in [4.78, 5) is 28.8. The number of aryl methyl sites for hydroxylation is 1. The number of carbonyl (C=O) groups excluding carboxylic acids is 1. The minimum Gasteiger partial charge on any atom is -0.478 e. The maximum atomic E-state index is 12.1. The molecule has 0 saturated carbocycles. The Hall–Kier alpha value is -2.99. The molecule has 1 amide bonds. The molecule has 0 fully saturated rings. The van der Waals surface area contributed by atoms with Crippen molar-refractivity contribution in [1.29, 1.82) is 0 Å². The van der Waals surface area contributed by atoms with Crippen LogP contribution in [0.1, 0.15) is 41.8 Å². The third-order valence-corrected chi connectivity index (χ3v) is 5.72. The Balaban J connectivity index is 1.83. The van der Waals surface area contributed by atoms with Crippen LogP contribution >= 0.6 is 11.3 Å². The van der Waals surface area contributed by atoms with Crippen LogP contribution in [-0.2, 0) is 11.3 Å². The van der Waals surface area contributed by atoms with Crippen LogP contribution < -0.4 is 5.32 Å². The molecule has 5 nitrogen and oxygen atoms in total. The molecule has 3 aromatic rings. The Labute approximate surface area is 174 Å². The highest BCUT2D eigenvalue weighted by Gasteiger charge is 2.21. The molecule has 150 valence electrons. The first-order chi connectivity index (χ1) is 13.6. The van der Waals surface area contributed by atoms with Gasteiger partial charge in [-0.1, -0.05) is 51.1 Å². The Morgan fingerprint density at radius 1 is 1.03 bits per heavy atom. The maximum absolute atomic E-state index is 12.1. The average molecular weight is 409 g/mol. The number of aromatic nitrogens is 1. The van der Waals surface area contributed by atoms with Crippen molar-refractivity contribution in [3.8, 4) is 21.6 Å². The van der Waals surface area contributed by atoms with Gasteiger partial charge in [-0.25, -0.2) is 9.78 Å². The molecule has 2 N–H and O–H groups in total. The van der Waals surface area contributed by atoms with Gasteiger partial charge in [-0.2, -0.15) is 0 Å². The Kier molecular flexibility index (Phi) is 5.84. The van der Waals surface area contributed by atoms with Crippen molar-refractivity contribution in [2.75, 3.05) is 0 Å². The summed E-state index contributed by atoms with van der Waals surface area (Å²) in [5.74, 6) is -0.935. The van der Waals surface area contributed by atoms with Gasteiger partial charge in [0.15, 0.2) is 0 Å². The number of benzene rings is 2. The quantitative estimate of drug-likeness (QED) is 0.612. The zero-order chi connectivity index (χ0) is 21.2. The minimum absolute atomic E-state index is 0.00120. The van der Waals surface area contributed by atoms with Gasteiger partial charge in [-0.3, -0.25) is 4.79 Å². The van der Waals surface area contributed by atoms with Crippen LogP contribution in [0.25, 0.3) is 21.6 Å². The Morgan fingerprint density at radius 2 is 1.69 bits per heavy atom. The van der Waals surface area contributed by atoms with E-state index in [0.29, 0.717) is 6.54 Å². The summed E-state index contributed by atoms with van der Waals surface area (Å²) in [6, 6.07) is 14.9. The lowest BCUT2D eigenvalue weighted by molar-refractivity contribution is -0.128. The van der Waals surface area contributed by atoms with Gasteiger partial charge in [0.2, 0.25) is 5.91 Å². The molecule has 0 aliphatic rings. The van der Waals surface area contributed by atoms with Crippen molar-refractivity contribution in [1.82, 2.24) is 10.3 Å². The zero-order valence-electron chi connectivity index (χ0n) is 16.9. The van der Waals surface area contributed by atoms with Gasteiger partial charge < -0.3 is 10.4 Å². The van der Waals surface area contributed by atoms with Gasteiger partial charge in [-0.15, -0.1) is 11.3 Å². The van der Waals surface area contributed by atoms with Crippen molar-refractivity contribution < 1.29 is 14.7 Å². The lowest BCUT2D eigenvalue weighted by Crippen LogP contribution is -2.34. The van der Waals surface area contributed by atoms with E-state index in [1.807, 2.05) is 58.0 Å². The molecule has 0 bridgehead atoms. The first kappa shape index (κ1) is 20.7. The fourth-order valence-electron chi connectivity index (χ4n) is 2.86. The largest absolute Gasteiger partial charge is 0.478 e. The fourth-order valence-corrected chi connectivity index (χ4v) is 3.86. The number of carboxylic acid groups (broad SMARTS) is 1. The van der Waals surface area contributed by atoms with E-state index in [1.54, 1.807) is 23.5 Å². The summed E-state index contributed by atoms with van der Waals surface area (Å²) in [6.07, 6.45) is 0. The normalized spacial score (nSPS) is 11.3. The van der Waals surface area contributed by atoms with Crippen LogP contribution in [0.3, 0.4) is 0 Å². The summed E-state index contributed by atoms with van der Waals surface area (Å²) in [5.41, 5.74) is 3.78. The molecule has 0 unspecified atom stereocenters. The van der Waals surface area contributed by atoms with Crippen molar-refractivity contribution in [3.05, 3.63) is 64.8 Å². The van der Waals surface area contributed by atoms with Gasteiger partial charge in [0.1, 0.15) is 5.01 Å². The molecule has 3 rings (SSSR count). The van der Waals surface area contributed by atoms with E-state index in [4.69, 9.17) is 5.11 Å². The highest BCUT2D eigenvalue weighted by molar-refractivity contribution is 7.15. The van der Waals surface area contributed by atoms with Crippen LogP contribution in [-0.4, -0.2) is 22.0 Å². The molecule has 0 atom stereocenters. The monoisotopic (exact) mass is 408 g/mol. The van der Waals surface area contributed by atoms with Gasteiger partial charge in [-0.05, 0) is 41.8 Å². The van der Waals surface area contributed by atoms with E-state index < -0.39 is 11.4 Å². The first-order valence-corrected chi connectivity index (χ1v) is 10.2. The smallest absolute Gasteiger partial charge is 0.335 e. The maximum Gasteiger partial charge on any atom is 0.335 e.